The van der Waals surface area contributed by atoms with Crippen molar-refractivity contribution in [1.82, 2.24) is 0 Å². The minimum Gasteiger partial charge on any atom is -0.426 e. The summed E-state index contributed by atoms with van der Waals surface area (Å²) < 4.78 is 5.95. The number of para-hydroxylation sites is 1. The van der Waals surface area contributed by atoms with Gasteiger partial charge in [-0.15, -0.1) is 0 Å². The second-order valence-corrected chi connectivity index (χ2v) is 4.93. The number of nitrogens with one attached hydrogen (secondary N) is 1. The van der Waals surface area contributed by atoms with E-state index in [1.54, 1.807) is 48.5 Å². The summed E-state index contributed by atoms with van der Waals surface area (Å²) >= 11 is 3.30. The number of anilines is 1. The highest BCUT2D eigenvalue weighted by molar-refractivity contribution is 9.10. The van der Waals surface area contributed by atoms with Crippen LogP contribution in [0.1, 0.15) is 6.42 Å². The minimum absolute atomic E-state index is 0.328. The Labute approximate surface area is 124 Å². The molecule has 0 saturated heterocycles. The van der Waals surface area contributed by atoms with Crippen LogP contribution >= 0.6 is 15.9 Å². The van der Waals surface area contributed by atoms with Gasteiger partial charge in [-0.1, -0.05) is 34.1 Å². The molecular formula is C15H12BrNO3. The molecule has 0 spiro atoms. The number of esters is 1. The van der Waals surface area contributed by atoms with Gasteiger partial charge in [0.25, 0.3) is 0 Å². The quantitative estimate of drug-likeness (QED) is 0.530. The summed E-state index contributed by atoms with van der Waals surface area (Å²) in [5, 5.41) is 2.63. The van der Waals surface area contributed by atoms with E-state index in [-0.39, 0.29) is 6.42 Å². The monoisotopic (exact) mass is 333 g/mol. The van der Waals surface area contributed by atoms with Gasteiger partial charge in [0.05, 0.1) is 0 Å². The second kappa shape index (κ2) is 6.86. The summed E-state index contributed by atoms with van der Waals surface area (Å²) in [6, 6.07) is 15.7. The predicted octanol–water partition coefficient (Wildman–Crippen LogP) is 3.38. The van der Waals surface area contributed by atoms with Gasteiger partial charge in [0, 0.05) is 10.2 Å². The number of benzene rings is 2. The van der Waals surface area contributed by atoms with E-state index in [4.69, 9.17) is 4.74 Å². The third kappa shape index (κ3) is 4.51. The van der Waals surface area contributed by atoms with Gasteiger partial charge in [0.1, 0.15) is 12.2 Å². The molecule has 0 aliphatic rings. The Balaban J connectivity index is 1.85. The molecule has 0 heterocycles. The molecule has 0 aliphatic carbocycles. The first-order valence-corrected chi connectivity index (χ1v) is 6.74. The maximum Gasteiger partial charge on any atom is 0.320 e. The number of carbonyl (C=O) groups is 2. The van der Waals surface area contributed by atoms with Gasteiger partial charge >= 0.3 is 5.97 Å². The molecule has 20 heavy (non-hydrogen) atoms. The van der Waals surface area contributed by atoms with Crippen LogP contribution in [0.25, 0.3) is 0 Å². The fourth-order valence-corrected chi connectivity index (χ4v) is 1.79. The van der Waals surface area contributed by atoms with Gasteiger partial charge < -0.3 is 10.1 Å². The van der Waals surface area contributed by atoms with Crippen LogP contribution in [0.15, 0.2) is 59.1 Å². The Kier molecular flexibility index (Phi) is 4.90. The molecule has 102 valence electrons. The zero-order valence-corrected chi connectivity index (χ0v) is 12.1. The number of rotatable bonds is 4. The number of hydrogen-bond donors (Lipinski definition) is 1. The lowest BCUT2D eigenvalue weighted by Crippen LogP contribution is -2.19. The second-order valence-electron chi connectivity index (χ2n) is 4.02. The third-order valence-corrected chi connectivity index (χ3v) is 2.94. The first-order valence-electron chi connectivity index (χ1n) is 5.94. The van der Waals surface area contributed by atoms with Crippen molar-refractivity contribution in [1.29, 1.82) is 0 Å². The van der Waals surface area contributed by atoms with Crippen LogP contribution in [0.2, 0.25) is 0 Å². The lowest BCUT2D eigenvalue weighted by atomic mass is 10.3. The van der Waals surface area contributed by atoms with Gasteiger partial charge in [-0.3, -0.25) is 9.59 Å². The van der Waals surface area contributed by atoms with Crippen LogP contribution in [-0.4, -0.2) is 11.9 Å². The fraction of sp³-hybridized carbons (Fsp3) is 0.0667. The van der Waals surface area contributed by atoms with Crippen molar-refractivity contribution in [3.63, 3.8) is 0 Å². The molecule has 0 aliphatic heterocycles. The summed E-state index contributed by atoms with van der Waals surface area (Å²) in [4.78, 5) is 23.3. The highest BCUT2D eigenvalue weighted by Gasteiger charge is 2.11. The molecule has 2 aromatic rings. The van der Waals surface area contributed by atoms with Crippen molar-refractivity contribution in [2.45, 2.75) is 6.42 Å². The topological polar surface area (TPSA) is 55.4 Å². The molecule has 0 bridgehead atoms. The van der Waals surface area contributed by atoms with Crippen molar-refractivity contribution in [2.75, 3.05) is 5.32 Å². The number of amides is 1. The third-order valence-electron chi connectivity index (χ3n) is 2.41. The van der Waals surface area contributed by atoms with E-state index in [0.29, 0.717) is 11.4 Å². The van der Waals surface area contributed by atoms with E-state index in [9.17, 15) is 9.59 Å². The molecule has 5 heteroatoms. The molecule has 0 aromatic heterocycles. The summed E-state index contributed by atoms with van der Waals surface area (Å²) in [5.41, 5.74) is 0.630. The Hall–Kier alpha value is -2.14. The summed E-state index contributed by atoms with van der Waals surface area (Å²) in [5.74, 6) is -0.576. The van der Waals surface area contributed by atoms with E-state index in [2.05, 4.69) is 21.2 Å². The predicted molar refractivity (Wildman–Crippen MR) is 79.5 cm³/mol. The first kappa shape index (κ1) is 14.3. The van der Waals surface area contributed by atoms with E-state index in [1.165, 1.54) is 0 Å². The lowest BCUT2D eigenvalue weighted by molar-refractivity contribution is -0.137. The molecule has 4 nitrogen and oxygen atoms in total. The van der Waals surface area contributed by atoms with Crippen molar-refractivity contribution in [3.05, 3.63) is 59.1 Å². The smallest absolute Gasteiger partial charge is 0.320 e. The molecule has 2 rings (SSSR count). The van der Waals surface area contributed by atoms with Crippen LogP contribution in [0, 0.1) is 0 Å². The van der Waals surface area contributed by atoms with Crippen molar-refractivity contribution in [2.24, 2.45) is 0 Å². The van der Waals surface area contributed by atoms with Gasteiger partial charge in [-0.25, -0.2) is 0 Å². The van der Waals surface area contributed by atoms with Crippen LogP contribution < -0.4 is 10.1 Å². The van der Waals surface area contributed by atoms with Crippen molar-refractivity contribution >= 4 is 33.5 Å². The Morgan fingerprint density at radius 2 is 1.65 bits per heavy atom. The van der Waals surface area contributed by atoms with E-state index >= 15 is 0 Å². The largest absolute Gasteiger partial charge is 0.426 e. The van der Waals surface area contributed by atoms with Crippen molar-refractivity contribution < 1.29 is 14.3 Å². The standard InChI is InChI=1S/C15H12BrNO3/c16-11-6-8-12(9-7-11)17-14(18)10-15(19)20-13-4-2-1-3-5-13/h1-9H,10H2,(H,17,18). The number of halogens is 1. The molecule has 0 saturated carbocycles. The first-order chi connectivity index (χ1) is 9.63. The molecule has 1 N–H and O–H groups in total. The molecule has 0 atom stereocenters. The Bertz CT molecular complexity index is 596. The van der Waals surface area contributed by atoms with E-state index in [0.717, 1.165) is 4.47 Å². The molecular weight excluding hydrogens is 322 g/mol. The van der Waals surface area contributed by atoms with Gasteiger partial charge in [0.15, 0.2) is 0 Å². The van der Waals surface area contributed by atoms with Gasteiger partial charge in [0.2, 0.25) is 5.91 Å². The zero-order chi connectivity index (χ0) is 14.4. The Morgan fingerprint density at radius 3 is 2.30 bits per heavy atom. The minimum atomic E-state index is -0.592. The fourth-order valence-electron chi connectivity index (χ4n) is 1.53. The highest BCUT2D eigenvalue weighted by atomic mass is 79.9. The summed E-state index contributed by atoms with van der Waals surface area (Å²) in [7, 11) is 0. The molecule has 2 aromatic carbocycles. The highest BCUT2D eigenvalue weighted by Crippen LogP contribution is 2.14. The van der Waals surface area contributed by atoms with Gasteiger partial charge in [-0.2, -0.15) is 0 Å². The van der Waals surface area contributed by atoms with E-state index in [1.807, 2.05) is 6.07 Å². The van der Waals surface area contributed by atoms with Crippen LogP contribution in [0.4, 0.5) is 5.69 Å². The maximum atomic E-state index is 11.7. The van der Waals surface area contributed by atoms with Gasteiger partial charge in [-0.05, 0) is 36.4 Å². The molecule has 0 unspecified atom stereocenters. The maximum absolute atomic E-state index is 11.7. The number of ether oxygens (including phenoxy) is 1. The van der Waals surface area contributed by atoms with Crippen molar-refractivity contribution in [3.8, 4) is 5.75 Å². The van der Waals surface area contributed by atoms with Crippen LogP contribution in [0.5, 0.6) is 5.75 Å². The molecule has 0 fully saturated rings. The lowest BCUT2D eigenvalue weighted by Gasteiger charge is -2.06. The normalized spacial score (nSPS) is 9.85. The van der Waals surface area contributed by atoms with Crippen LogP contribution in [-0.2, 0) is 9.59 Å². The molecule has 0 radical (unpaired) electrons. The molecule has 1 amide bonds. The number of hydrogen-bond acceptors (Lipinski definition) is 3. The number of carbonyl (C=O) groups excluding carboxylic acids is 2. The van der Waals surface area contributed by atoms with Crippen LogP contribution in [0.3, 0.4) is 0 Å². The zero-order valence-electron chi connectivity index (χ0n) is 10.5. The van der Waals surface area contributed by atoms with E-state index < -0.39 is 11.9 Å². The summed E-state index contributed by atoms with van der Waals surface area (Å²) in [6.07, 6.45) is -0.328. The average molecular weight is 334 g/mol. The SMILES string of the molecule is O=C(CC(=O)Oc1ccccc1)Nc1ccc(Br)cc1. The Morgan fingerprint density at radius 1 is 1.00 bits per heavy atom. The average Bonchev–Trinajstić information content (AvgIpc) is 2.42. The summed E-state index contributed by atoms with van der Waals surface area (Å²) in [6.45, 7) is 0.